The van der Waals surface area contributed by atoms with E-state index in [1.807, 2.05) is 32.9 Å². The number of fused-ring (bicyclic) bond motifs is 1. The van der Waals surface area contributed by atoms with E-state index >= 15 is 0 Å². The highest BCUT2D eigenvalue weighted by Crippen LogP contribution is 2.42. The molecular formula is C24H32N4O4. The van der Waals surface area contributed by atoms with Crippen LogP contribution in [0.5, 0.6) is 5.75 Å². The summed E-state index contributed by atoms with van der Waals surface area (Å²) in [4.78, 5) is 16.5. The van der Waals surface area contributed by atoms with E-state index in [0.29, 0.717) is 17.8 Å². The predicted octanol–water partition coefficient (Wildman–Crippen LogP) is 5.54. The van der Waals surface area contributed by atoms with Gasteiger partial charge < -0.3 is 23.9 Å². The second-order valence-electron chi connectivity index (χ2n) is 9.35. The number of benzene rings is 1. The number of methoxy groups -OCH3 is 1. The molecule has 1 amide bonds. The summed E-state index contributed by atoms with van der Waals surface area (Å²) >= 11 is 0. The fraction of sp³-hybridized carbons (Fsp3) is 0.542. The largest absolute Gasteiger partial charge is 0.495 e. The molecule has 2 heterocycles. The molecule has 0 saturated heterocycles. The van der Waals surface area contributed by atoms with Gasteiger partial charge in [0.05, 0.1) is 18.2 Å². The summed E-state index contributed by atoms with van der Waals surface area (Å²) in [6, 6.07) is 6.49. The Bertz CT molecular complexity index is 1100. The maximum atomic E-state index is 11.9. The van der Waals surface area contributed by atoms with Crippen LogP contribution in [0.15, 0.2) is 22.7 Å². The SMILES string of the molecule is COc1cccc2c(-c3noc(CNC(=O)OC(C)(C)C)n3)c(C)n(C3CCCCC3)c12. The van der Waals surface area contributed by atoms with Crippen molar-refractivity contribution in [2.45, 2.75) is 78.0 Å². The number of para-hydroxylation sites is 1. The quantitative estimate of drug-likeness (QED) is 0.560. The van der Waals surface area contributed by atoms with E-state index in [2.05, 4.69) is 33.0 Å². The van der Waals surface area contributed by atoms with Crippen LogP contribution in [0.4, 0.5) is 4.79 Å². The van der Waals surface area contributed by atoms with Crippen LogP contribution >= 0.6 is 0 Å². The molecule has 0 bridgehead atoms. The molecule has 172 valence electrons. The molecular weight excluding hydrogens is 408 g/mol. The van der Waals surface area contributed by atoms with Crippen molar-refractivity contribution in [1.29, 1.82) is 0 Å². The highest BCUT2D eigenvalue weighted by molar-refractivity contribution is 5.99. The molecule has 1 N–H and O–H groups in total. The van der Waals surface area contributed by atoms with Crippen molar-refractivity contribution in [3.8, 4) is 17.1 Å². The Morgan fingerprint density at radius 2 is 2.00 bits per heavy atom. The molecule has 1 saturated carbocycles. The lowest BCUT2D eigenvalue weighted by atomic mass is 9.95. The maximum absolute atomic E-state index is 11.9. The Hall–Kier alpha value is -3.03. The van der Waals surface area contributed by atoms with E-state index in [1.54, 1.807) is 7.11 Å². The topological polar surface area (TPSA) is 91.4 Å². The van der Waals surface area contributed by atoms with Crippen molar-refractivity contribution in [1.82, 2.24) is 20.0 Å². The molecule has 1 aliphatic carbocycles. The molecule has 32 heavy (non-hydrogen) atoms. The highest BCUT2D eigenvalue weighted by Gasteiger charge is 2.27. The smallest absolute Gasteiger partial charge is 0.408 e. The number of ether oxygens (including phenoxy) is 2. The standard InChI is InChI=1S/C24H32N4O4/c1-15-20(22-26-19(32-27-22)14-25-23(29)31-24(2,3)4)17-12-9-13-18(30-5)21(17)28(15)16-10-7-6-8-11-16/h9,12-13,16H,6-8,10-11,14H2,1-5H3,(H,25,29). The molecule has 0 spiro atoms. The van der Waals surface area contributed by atoms with Crippen LogP contribution in [-0.4, -0.2) is 33.5 Å². The monoisotopic (exact) mass is 440 g/mol. The summed E-state index contributed by atoms with van der Waals surface area (Å²) in [6.07, 6.45) is 5.54. The number of hydrogen-bond acceptors (Lipinski definition) is 6. The Balaban J connectivity index is 1.68. The number of alkyl carbamates (subject to hydrolysis) is 1. The number of nitrogens with zero attached hydrogens (tertiary/aromatic N) is 3. The summed E-state index contributed by atoms with van der Waals surface area (Å²) in [6.45, 7) is 7.66. The number of hydrogen-bond donors (Lipinski definition) is 1. The molecule has 4 rings (SSSR count). The second kappa shape index (κ2) is 8.84. The third kappa shape index (κ3) is 4.45. The Morgan fingerprint density at radius 3 is 2.69 bits per heavy atom. The van der Waals surface area contributed by atoms with Crippen LogP contribution in [0.1, 0.15) is 70.5 Å². The van der Waals surface area contributed by atoms with Gasteiger partial charge in [0.1, 0.15) is 17.9 Å². The minimum atomic E-state index is -0.568. The molecule has 0 aliphatic heterocycles. The minimum Gasteiger partial charge on any atom is -0.495 e. The van der Waals surface area contributed by atoms with Crippen LogP contribution in [0.2, 0.25) is 0 Å². The van der Waals surface area contributed by atoms with Gasteiger partial charge in [0.15, 0.2) is 0 Å². The zero-order chi connectivity index (χ0) is 22.9. The van der Waals surface area contributed by atoms with Gasteiger partial charge in [0.2, 0.25) is 11.7 Å². The number of rotatable bonds is 5. The summed E-state index contributed by atoms with van der Waals surface area (Å²) in [5, 5.41) is 7.94. The van der Waals surface area contributed by atoms with Gasteiger partial charge >= 0.3 is 6.09 Å². The van der Waals surface area contributed by atoms with Crippen molar-refractivity contribution in [3.05, 3.63) is 29.8 Å². The van der Waals surface area contributed by atoms with Gasteiger partial charge in [-0.15, -0.1) is 0 Å². The van der Waals surface area contributed by atoms with Gasteiger partial charge in [0.25, 0.3) is 0 Å². The van der Waals surface area contributed by atoms with E-state index < -0.39 is 11.7 Å². The number of nitrogens with one attached hydrogen (secondary N) is 1. The zero-order valence-electron chi connectivity index (χ0n) is 19.5. The maximum Gasteiger partial charge on any atom is 0.408 e. The molecule has 1 aliphatic rings. The second-order valence-corrected chi connectivity index (χ2v) is 9.35. The highest BCUT2D eigenvalue weighted by atomic mass is 16.6. The third-order valence-electron chi connectivity index (χ3n) is 5.87. The molecule has 0 radical (unpaired) electrons. The number of carbonyl (C=O) groups excluding carboxylic acids is 1. The molecule has 8 nitrogen and oxygen atoms in total. The fourth-order valence-electron chi connectivity index (χ4n) is 4.59. The van der Waals surface area contributed by atoms with Crippen molar-refractivity contribution in [2.75, 3.05) is 7.11 Å². The number of carbonyl (C=O) groups is 1. The average molecular weight is 441 g/mol. The van der Waals surface area contributed by atoms with E-state index in [9.17, 15) is 4.79 Å². The molecule has 2 aromatic heterocycles. The molecule has 0 unspecified atom stereocenters. The molecule has 0 atom stereocenters. The van der Waals surface area contributed by atoms with Gasteiger partial charge in [-0.2, -0.15) is 4.98 Å². The molecule has 3 aromatic rings. The van der Waals surface area contributed by atoms with Crippen molar-refractivity contribution >= 4 is 17.0 Å². The summed E-state index contributed by atoms with van der Waals surface area (Å²) in [7, 11) is 1.71. The number of amides is 1. The van der Waals surface area contributed by atoms with Gasteiger partial charge in [-0.3, -0.25) is 0 Å². The molecule has 1 aromatic carbocycles. The molecule has 1 fully saturated rings. The minimum absolute atomic E-state index is 0.103. The normalized spacial score (nSPS) is 15.2. The fourth-order valence-corrected chi connectivity index (χ4v) is 4.59. The van der Waals surface area contributed by atoms with Crippen LogP contribution in [-0.2, 0) is 11.3 Å². The van der Waals surface area contributed by atoms with Gasteiger partial charge in [0, 0.05) is 17.1 Å². The Kier molecular flexibility index (Phi) is 6.13. The zero-order valence-corrected chi connectivity index (χ0v) is 19.5. The Labute approximate surface area is 188 Å². The summed E-state index contributed by atoms with van der Waals surface area (Å²) in [5.41, 5.74) is 2.55. The first kappa shape index (κ1) is 22.2. The number of aromatic nitrogens is 3. The van der Waals surface area contributed by atoms with E-state index in [4.69, 9.17) is 14.0 Å². The van der Waals surface area contributed by atoms with Crippen molar-refractivity contribution in [2.24, 2.45) is 0 Å². The van der Waals surface area contributed by atoms with Crippen LogP contribution in [0, 0.1) is 6.92 Å². The first-order valence-electron chi connectivity index (χ1n) is 11.3. The van der Waals surface area contributed by atoms with Gasteiger partial charge in [-0.1, -0.05) is 36.6 Å². The average Bonchev–Trinajstić information content (AvgIpc) is 3.32. The Morgan fingerprint density at radius 1 is 1.25 bits per heavy atom. The van der Waals surface area contributed by atoms with E-state index in [1.165, 1.54) is 19.3 Å². The first-order valence-corrected chi connectivity index (χ1v) is 11.3. The lowest BCUT2D eigenvalue weighted by Crippen LogP contribution is -2.32. The molecule has 8 heteroatoms. The summed E-state index contributed by atoms with van der Waals surface area (Å²) < 4.78 is 18.8. The van der Waals surface area contributed by atoms with Gasteiger partial charge in [-0.25, -0.2) is 4.79 Å². The lowest BCUT2D eigenvalue weighted by molar-refractivity contribution is 0.0518. The predicted molar refractivity (Wildman–Crippen MR) is 122 cm³/mol. The van der Waals surface area contributed by atoms with Crippen LogP contribution in [0.25, 0.3) is 22.3 Å². The first-order chi connectivity index (χ1) is 15.3. The lowest BCUT2D eigenvalue weighted by Gasteiger charge is -2.26. The van der Waals surface area contributed by atoms with E-state index in [-0.39, 0.29) is 6.54 Å². The third-order valence-corrected chi connectivity index (χ3v) is 5.87. The summed E-state index contributed by atoms with van der Waals surface area (Å²) in [5.74, 6) is 1.68. The van der Waals surface area contributed by atoms with Gasteiger partial charge in [-0.05, 0) is 46.6 Å². The van der Waals surface area contributed by atoms with E-state index in [0.717, 1.165) is 40.8 Å². The van der Waals surface area contributed by atoms with Crippen molar-refractivity contribution in [3.63, 3.8) is 0 Å². The van der Waals surface area contributed by atoms with Crippen molar-refractivity contribution < 1.29 is 18.8 Å². The van der Waals surface area contributed by atoms with Crippen LogP contribution in [0.3, 0.4) is 0 Å². The van der Waals surface area contributed by atoms with Crippen LogP contribution < -0.4 is 10.1 Å².